The van der Waals surface area contributed by atoms with Crippen molar-refractivity contribution in [3.8, 4) is 5.75 Å². The molecule has 1 saturated carbocycles. The van der Waals surface area contributed by atoms with E-state index in [0.29, 0.717) is 28.2 Å². The quantitative estimate of drug-likeness (QED) is 0.392. The van der Waals surface area contributed by atoms with E-state index in [-0.39, 0.29) is 30.3 Å². The lowest BCUT2D eigenvalue weighted by Gasteiger charge is -2.26. The van der Waals surface area contributed by atoms with Crippen molar-refractivity contribution >= 4 is 40.9 Å². The zero-order valence-corrected chi connectivity index (χ0v) is 20.7. The number of carboxylic acids is 1. The molecule has 0 radical (unpaired) electrons. The van der Waals surface area contributed by atoms with Gasteiger partial charge < -0.3 is 26.2 Å². The Morgan fingerprint density at radius 1 is 1.22 bits per heavy atom. The van der Waals surface area contributed by atoms with Crippen LogP contribution in [0.4, 0.5) is 17.5 Å². The molecule has 10 nitrogen and oxygen atoms in total. The normalized spacial score (nSPS) is 24.7. The van der Waals surface area contributed by atoms with Gasteiger partial charge in [0.1, 0.15) is 10.8 Å². The van der Waals surface area contributed by atoms with E-state index < -0.39 is 11.9 Å². The number of aromatic nitrogens is 2. The number of ether oxygens (including phenoxy) is 1. The Kier molecular flexibility index (Phi) is 6.72. The second kappa shape index (κ2) is 9.94. The highest BCUT2D eigenvalue weighted by Gasteiger charge is 2.48. The molecule has 4 atom stereocenters. The number of fused-ring (bicyclic) bond motifs is 3. The highest BCUT2D eigenvalue weighted by atomic mass is 35.5. The predicted octanol–water partition coefficient (Wildman–Crippen LogP) is 2.46. The molecule has 0 saturated heterocycles. The van der Waals surface area contributed by atoms with Crippen molar-refractivity contribution in [1.82, 2.24) is 14.9 Å². The zero-order valence-electron chi connectivity index (χ0n) is 19.9. The van der Waals surface area contributed by atoms with Crippen LogP contribution in [0.3, 0.4) is 0 Å². The average molecular weight is 513 g/mol. The number of nitrogens with zero attached hydrogens (tertiary/aromatic N) is 3. The summed E-state index contributed by atoms with van der Waals surface area (Å²) in [7, 11) is 1.60. The number of benzene rings is 1. The van der Waals surface area contributed by atoms with Crippen LogP contribution in [0.15, 0.2) is 30.5 Å². The summed E-state index contributed by atoms with van der Waals surface area (Å²) in [5.41, 5.74) is 8.39. The van der Waals surface area contributed by atoms with Crippen LogP contribution in [0.2, 0.25) is 5.02 Å². The van der Waals surface area contributed by atoms with E-state index in [1.807, 2.05) is 18.2 Å². The number of carboxylic acid groups (broad SMARTS) is 1. The van der Waals surface area contributed by atoms with Gasteiger partial charge in [-0.05, 0) is 54.4 Å². The number of carbonyl (C=O) groups excluding carboxylic acids is 1. The molecular formula is C25H29ClN6O4. The molecule has 2 heterocycles. The number of methoxy groups -OCH3 is 1. The van der Waals surface area contributed by atoms with Gasteiger partial charge in [0.25, 0.3) is 0 Å². The van der Waals surface area contributed by atoms with Crippen LogP contribution >= 0.6 is 11.6 Å². The molecule has 1 amide bonds. The minimum atomic E-state index is -0.822. The fourth-order valence-electron chi connectivity index (χ4n) is 5.61. The number of hydrogen-bond acceptors (Lipinski definition) is 8. The topological polar surface area (TPSA) is 143 Å². The van der Waals surface area contributed by atoms with Gasteiger partial charge in [-0.1, -0.05) is 23.8 Å². The van der Waals surface area contributed by atoms with Crippen molar-refractivity contribution in [2.24, 2.45) is 23.5 Å². The molecule has 2 bridgehead atoms. The Morgan fingerprint density at radius 2 is 1.94 bits per heavy atom. The summed E-state index contributed by atoms with van der Waals surface area (Å²) in [5.74, 6) is -0.186. The minimum absolute atomic E-state index is 0.0194. The lowest BCUT2D eigenvalue weighted by Crippen LogP contribution is -2.38. The minimum Gasteiger partial charge on any atom is -0.495 e. The number of anilines is 3. The third-order valence-corrected chi connectivity index (χ3v) is 7.61. The number of nitrogens with two attached hydrogens (primary N) is 1. The first-order valence-electron chi connectivity index (χ1n) is 12.0. The Balaban J connectivity index is 1.36. The van der Waals surface area contributed by atoms with E-state index in [4.69, 9.17) is 22.1 Å². The van der Waals surface area contributed by atoms with Crippen molar-refractivity contribution in [3.05, 3.63) is 46.6 Å². The lowest BCUT2D eigenvalue weighted by atomic mass is 9.89. The molecule has 2 aliphatic carbocycles. The smallest absolute Gasteiger partial charge is 0.309 e. The molecule has 0 spiro atoms. The highest BCUT2D eigenvalue weighted by Crippen LogP contribution is 2.45. The van der Waals surface area contributed by atoms with Gasteiger partial charge in [0, 0.05) is 19.1 Å². The maximum absolute atomic E-state index is 11.9. The van der Waals surface area contributed by atoms with E-state index >= 15 is 0 Å². The van der Waals surface area contributed by atoms with Crippen LogP contribution in [-0.4, -0.2) is 64.6 Å². The van der Waals surface area contributed by atoms with Gasteiger partial charge >= 0.3 is 5.97 Å². The molecule has 1 aliphatic heterocycles. The fourth-order valence-corrected chi connectivity index (χ4v) is 5.75. The number of carbonyl (C=O) groups is 2. The monoisotopic (exact) mass is 512 g/mol. The van der Waals surface area contributed by atoms with E-state index in [0.717, 1.165) is 43.5 Å². The zero-order chi connectivity index (χ0) is 25.4. The van der Waals surface area contributed by atoms with Gasteiger partial charge in [-0.3, -0.25) is 14.5 Å². The van der Waals surface area contributed by atoms with Crippen LogP contribution in [-0.2, 0) is 22.4 Å². The third kappa shape index (κ3) is 4.83. The first-order valence-corrected chi connectivity index (χ1v) is 12.4. The standard InChI is InChI=1S/C25H29ClN6O4/c1-36-19-10-14-5-7-32(12-20(27)33)6-4-13(14)9-18(19)29-25-28-11-17(26)23(31-25)30-22-16-3-2-15(8-16)21(22)24(34)35/h2-3,9-11,15-16,21-22H,4-8,12H2,1H3,(H2,27,33)(H,34,35)(H2,28,29,30,31)/t15-,16+,21+,22-/m1/s1. The molecular weight excluding hydrogens is 484 g/mol. The number of halogens is 1. The maximum atomic E-state index is 11.9. The fraction of sp³-hybridized carbons (Fsp3) is 0.440. The number of hydrogen-bond donors (Lipinski definition) is 4. The predicted molar refractivity (Wildman–Crippen MR) is 136 cm³/mol. The molecule has 2 aromatic rings. The van der Waals surface area contributed by atoms with Crippen LogP contribution in [0.1, 0.15) is 17.5 Å². The van der Waals surface area contributed by atoms with Crippen molar-refractivity contribution in [3.63, 3.8) is 0 Å². The molecule has 11 heteroatoms. The van der Waals surface area contributed by atoms with Gasteiger partial charge in [-0.2, -0.15) is 4.98 Å². The van der Waals surface area contributed by atoms with Crippen LogP contribution in [0.5, 0.6) is 5.75 Å². The summed E-state index contributed by atoms with van der Waals surface area (Å²) in [6.45, 7) is 1.72. The molecule has 0 unspecified atom stereocenters. The first kappa shape index (κ1) is 24.3. The summed E-state index contributed by atoms with van der Waals surface area (Å²) < 4.78 is 5.63. The second-order valence-corrected chi connectivity index (χ2v) is 9.97. The van der Waals surface area contributed by atoms with Crippen molar-refractivity contribution < 1.29 is 19.4 Å². The van der Waals surface area contributed by atoms with Crippen LogP contribution in [0.25, 0.3) is 0 Å². The SMILES string of the molecule is COc1cc2c(cc1Nc1ncc(Cl)c(N[C@H]3[C@@H](C(=O)O)[C@@H]4C=C[C@H]3C4)n1)CCN(CC(N)=O)CC2. The van der Waals surface area contributed by atoms with Crippen molar-refractivity contribution in [1.29, 1.82) is 0 Å². The van der Waals surface area contributed by atoms with Gasteiger partial charge in [-0.15, -0.1) is 0 Å². The van der Waals surface area contributed by atoms with Crippen LogP contribution < -0.4 is 21.1 Å². The summed E-state index contributed by atoms with van der Waals surface area (Å²) >= 11 is 6.39. The third-order valence-electron chi connectivity index (χ3n) is 7.33. The van der Waals surface area contributed by atoms with E-state index in [9.17, 15) is 14.7 Å². The summed E-state index contributed by atoms with van der Waals surface area (Å²) in [6, 6.07) is 3.73. The second-order valence-electron chi connectivity index (χ2n) is 9.56. The number of rotatable bonds is 8. The number of amides is 1. The van der Waals surface area contributed by atoms with Crippen molar-refractivity contribution in [2.75, 3.05) is 37.4 Å². The molecule has 190 valence electrons. The molecule has 5 rings (SSSR count). The van der Waals surface area contributed by atoms with Gasteiger partial charge in [-0.25, -0.2) is 4.98 Å². The Hall–Kier alpha value is -3.37. The Labute approximate surface area is 213 Å². The van der Waals surface area contributed by atoms with Crippen LogP contribution in [0, 0.1) is 17.8 Å². The number of allylic oxidation sites excluding steroid dienone is 1. The van der Waals surface area contributed by atoms with Gasteiger partial charge in [0.15, 0.2) is 5.82 Å². The Morgan fingerprint density at radius 3 is 2.64 bits per heavy atom. The number of nitrogens with one attached hydrogen (secondary N) is 2. The maximum Gasteiger partial charge on any atom is 0.309 e. The average Bonchev–Trinajstić information content (AvgIpc) is 3.39. The number of aliphatic carboxylic acids is 1. The van der Waals surface area contributed by atoms with Crippen molar-refractivity contribution in [2.45, 2.75) is 25.3 Å². The highest BCUT2D eigenvalue weighted by molar-refractivity contribution is 6.32. The van der Waals surface area contributed by atoms with E-state index in [2.05, 4.69) is 31.6 Å². The number of primary amides is 1. The van der Waals surface area contributed by atoms with Gasteiger partial charge in [0.2, 0.25) is 11.9 Å². The molecule has 5 N–H and O–H groups in total. The lowest BCUT2D eigenvalue weighted by molar-refractivity contribution is -0.142. The van der Waals surface area contributed by atoms with E-state index in [1.165, 1.54) is 6.20 Å². The molecule has 1 aromatic carbocycles. The van der Waals surface area contributed by atoms with E-state index in [1.54, 1.807) is 7.11 Å². The first-order chi connectivity index (χ1) is 17.3. The summed E-state index contributed by atoms with van der Waals surface area (Å²) in [4.78, 5) is 34.2. The summed E-state index contributed by atoms with van der Waals surface area (Å²) in [6.07, 6.45) is 7.92. The largest absolute Gasteiger partial charge is 0.495 e. The molecule has 36 heavy (non-hydrogen) atoms. The molecule has 3 aliphatic rings. The molecule has 1 aromatic heterocycles. The summed E-state index contributed by atoms with van der Waals surface area (Å²) in [5, 5.41) is 16.6. The molecule has 1 fully saturated rings. The Bertz CT molecular complexity index is 1220. The van der Waals surface area contributed by atoms with Gasteiger partial charge in [0.05, 0.1) is 31.5 Å².